The summed E-state index contributed by atoms with van der Waals surface area (Å²) in [6.45, 7) is 12.8. The molecule has 0 radical (unpaired) electrons. The first kappa shape index (κ1) is 13.0. The predicted molar refractivity (Wildman–Crippen MR) is 61.0 cm³/mol. The van der Waals surface area contributed by atoms with Crippen LogP contribution in [0, 0.1) is 10.8 Å². The summed E-state index contributed by atoms with van der Waals surface area (Å²) >= 11 is 0. The van der Waals surface area contributed by atoms with E-state index in [0.29, 0.717) is 10.8 Å². The van der Waals surface area contributed by atoms with Crippen molar-refractivity contribution in [2.45, 2.75) is 53.9 Å². The lowest BCUT2D eigenvalue weighted by atomic mass is 9.82. The van der Waals surface area contributed by atoms with Gasteiger partial charge in [0.05, 0.1) is 0 Å². The van der Waals surface area contributed by atoms with E-state index >= 15 is 0 Å². The molecule has 0 aromatic heterocycles. The smallest absolute Gasteiger partial charge is 0.0000488 e. The highest BCUT2D eigenvalue weighted by molar-refractivity contribution is 4.72. The molecule has 0 aliphatic heterocycles. The second-order valence-electron chi connectivity index (χ2n) is 6.11. The molecule has 0 unspecified atom stereocenters. The molecular weight excluding hydrogens is 158 g/mol. The highest BCUT2D eigenvalue weighted by atomic mass is 14.8. The van der Waals surface area contributed by atoms with Crippen LogP contribution < -0.4 is 5.32 Å². The van der Waals surface area contributed by atoms with Crippen LogP contribution in [-0.4, -0.2) is 13.6 Å². The molecule has 1 N–H and O–H groups in total. The van der Waals surface area contributed by atoms with Crippen LogP contribution in [0.15, 0.2) is 0 Å². The van der Waals surface area contributed by atoms with Gasteiger partial charge in [-0.15, -0.1) is 0 Å². The summed E-state index contributed by atoms with van der Waals surface area (Å²) in [6.07, 6.45) is 4.00. The molecule has 0 spiro atoms. The van der Waals surface area contributed by atoms with Gasteiger partial charge in [-0.3, -0.25) is 0 Å². The van der Waals surface area contributed by atoms with Gasteiger partial charge in [0.25, 0.3) is 0 Å². The van der Waals surface area contributed by atoms with Gasteiger partial charge < -0.3 is 5.32 Å². The van der Waals surface area contributed by atoms with Crippen molar-refractivity contribution in [1.82, 2.24) is 5.32 Å². The lowest BCUT2D eigenvalue weighted by Crippen LogP contribution is -2.26. The maximum absolute atomic E-state index is 3.26. The number of rotatable bonds is 5. The average Bonchev–Trinajstić information content (AvgIpc) is 1.82. The van der Waals surface area contributed by atoms with Crippen molar-refractivity contribution in [1.29, 1.82) is 0 Å². The zero-order valence-corrected chi connectivity index (χ0v) is 10.3. The normalized spacial score (nSPS) is 13.4. The quantitative estimate of drug-likeness (QED) is 0.692. The molecule has 0 fully saturated rings. The molecule has 0 atom stereocenters. The van der Waals surface area contributed by atoms with E-state index < -0.39 is 0 Å². The zero-order chi connectivity index (χ0) is 10.5. The van der Waals surface area contributed by atoms with E-state index in [4.69, 9.17) is 0 Å². The lowest BCUT2D eigenvalue weighted by Gasteiger charge is -2.26. The summed E-state index contributed by atoms with van der Waals surface area (Å²) in [4.78, 5) is 0. The Morgan fingerprint density at radius 2 is 1.46 bits per heavy atom. The Bertz CT molecular complexity index is 131. The third-order valence-corrected chi connectivity index (χ3v) is 2.44. The SMILES string of the molecule is CNCC(C)(C)CCCC(C)(C)C. The summed E-state index contributed by atoms with van der Waals surface area (Å²) in [6, 6.07) is 0. The van der Waals surface area contributed by atoms with Gasteiger partial charge in [-0.1, -0.05) is 41.0 Å². The molecular formula is C12H27N. The molecule has 0 heterocycles. The Morgan fingerprint density at radius 3 is 1.85 bits per heavy atom. The van der Waals surface area contributed by atoms with Gasteiger partial charge in [0.2, 0.25) is 0 Å². The third-order valence-electron chi connectivity index (χ3n) is 2.44. The van der Waals surface area contributed by atoms with E-state index in [-0.39, 0.29) is 0 Å². The maximum atomic E-state index is 3.26. The van der Waals surface area contributed by atoms with Crippen LogP contribution in [0.1, 0.15) is 53.9 Å². The highest BCUT2D eigenvalue weighted by Gasteiger charge is 2.18. The summed E-state index contributed by atoms with van der Waals surface area (Å²) in [5.41, 5.74) is 0.954. The Balaban J connectivity index is 3.63. The Morgan fingerprint density at radius 1 is 0.923 bits per heavy atom. The van der Waals surface area contributed by atoms with E-state index in [1.807, 2.05) is 7.05 Å². The van der Waals surface area contributed by atoms with Gasteiger partial charge in [0.15, 0.2) is 0 Å². The van der Waals surface area contributed by atoms with Crippen LogP contribution >= 0.6 is 0 Å². The first-order valence-corrected chi connectivity index (χ1v) is 5.41. The summed E-state index contributed by atoms with van der Waals surface area (Å²) < 4.78 is 0. The molecule has 0 bridgehead atoms. The summed E-state index contributed by atoms with van der Waals surface area (Å²) in [7, 11) is 2.03. The second-order valence-corrected chi connectivity index (χ2v) is 6.11. The van der Waals surface area contributed by atoms with Crippen LogP contribution in [0.2, 0.25) is 0 Å². The molecule has 0 aliphatic rings. The highest BCUT2D eigenvalue weighted by Crippen LogP contribution is 2.27. The predicted octanol–water partition coefficient (Wildman–Crippen LogP) is 3.45. The minimum Gasteiger partial charge on any atom is -0.319 e. The van der Waals surface area contributed by atoms with Gasteiger partial charge in [-0.25, -0.2) is 0 Å². The van der Waals surface area contributed by atoms with Gasteiger partial charge in [-0.05, 0) is 37.3 Å². The first-order chi connectivity index (χ1) is 5.77. The molecule has 0 aliphatic carbocycles. The van der Waals surface area contributed by atoms with Crippen molar-refractivity contribution in [3.8, 4) is 0 Å². The van der Waals surface area contributed by atoms with Crippen molar-refractivity contribution in [2.24, 2.45) is 10.8 Å². The molecule has 0 saturated heterocycles. The number of hydrogen-bond acceptors (Lipinski definition) is 1. The molecule has 1 heteroatoms. The Hall–Kier alpha value is -0.0400. The van der Waals surface area contributed by atoms with Crippen molar-refractivity contribution in [3.05, 3.63) is 0 Å². The van der Waals surface area contributed by atoms with Gasteiger partial charge in [0.1, 0.15) is 0 Å². The fraction of sp³-hybridized carbons (Fsp3) is 1.00. The molecule has 80 valence electrons. The molecule has 1 nitrogen and oxygen atoms in total. The van der Waals surface area contributed by atoms with Crippen LogP contribution in [0.25, 0.3) is 0 Å². The molecule has 0 rings (SSSR count). The fourth-order valence-corrected chi connectivity index (χ4v) is 1.66. The third kappa shape index (κ3) is 8.29. The van der Waals surface area contributed by atoms with Gasteiger partial charge >= 0.3 is 0 Å². The van der Waals surface area contributed by atoms with Crippen molar-refractivity contribution in [3.63, 3.8) is 0 Å². The minimum atomic E-state index is 0.458. The fourth-order valence-electron chi connectivity index (χ4n) is 1.66. The van der Waals surface area contributed by atoms with Gasteiger partial charge in [0, 0.05) is 0 Å². The van der Waals surface area contributed by atoms with E-state index in [1.54, 1.807) is 0 Å². The molecule has 13 heavy (non-hydrogen) atoms. The van der Waals surface area contributed by atoms with Crippen LogP contribution in [0.3, 0.4) is 0 Å². The van der Waals surface area contributed by atoms with E-state index in [1.165, 1.54) is 19.3 Å². The first-order valence-electron chi connectivity index (χ1n) is 5.41. The number of hydrogen-bond donors (Lipinski definition) is 1. The topological polar surface area (TPSA) is 12.0 Å². The van der Waals surface area contributed by atoms with E-state index in [9.17, 15) is 0 Å². The van der Waals surface area contributed by atoms with Gasteiger partial charge in [-0.2, -0.15) is 0 Å². The lowest BCUT2D eigenvalue weighted by molar-refractivity contribution is 0.276. The van der Waals surface area contributed by atoms with Crippen molar-refractivity contribution >= 4 is 0 Å². The molecule has 0 aromatic rings. The standard InChI is InChI=1S/C12H27N/c1-11(2,3)8-7-9-12(4,5)10-13-6/h13H,7-10H2,1-6H3. The Labute approximate surface area is 84.3 Å². The maximum Gasteiger partial charge on any atom is -0.0000488 e. The monoisotopic (exact) mass is 185 g/mol. The summed E-state index contributed by atoms with van der Waals surface area (Å²) in [5, 5.41) is 3.26. The molecule has 0 aromatic carbocycles. The Kier molecular flexibility index (Phi) is 4.98. The van der Waals surface area contributed by atoms with Crippen LogP contribution in [0.5, 0.6) is 0 Å². The zero-order valence-electron chi connectivity index (χ0n) is 10.3. The van der Waals surface area contributed by atoms with E-state index in [0.717, 1.165) is 6.54 Å². The second kappa shape index (κ2) is 4.99. The number of nitrogens with one attached hydrogen (secondary N) is 1. The van der Waals surface area contributed by atoms with Crippen molar-refractivity contribution < 1.29 is 0 Å². The van der Waals surface area contributed by atoms with Crippen molar-refractivity contribution in [2.75, 3.05) is 13.6 Å². The van der Waals surface area contributed by atoms with Crippen LogP contribution in [0.4, 0.5) is 0 Å². The van der Waals surface area contributed by atoms with Crippen LogP contribution in [-0.2, 0) is 0 Å². The largest absolute Gasteiger partial charge is 0.319 e. The minimum absolute atomic E-state index is 0.458. The molecule has 0 saturated carbocycles. The summed E-state index contributed by atoms with van der Waals surface area (Å²) in [5.74, 6) is 0. The van der Waals surface area contributed by atoms with E-state index in [2.05, 4.69) is 39.9 Å². The average molecular weight is 185 g/mol. The molecule has 0 amide bonds.